The van der Waals surface area contributed by atoms with Gasteiger partial charge in [-0.2, -0.15) is 0 Å². The van der Waals surface area contributed by atoms with Crippen LogP contribution in [0.25, 0.3) is 0 Å². The molecule has 2 rings (SSSR count). The van der Waals surface area contributed by atoms with Crippen LogP contribution in [-0.4, -0.2) is 30.1 Å². The summed E-state index contributed by atoms with van der Waals surface area (Å²) in [5.41, 5.74) is 8.06. The van der Waals surface area contributed by atoms with Crippen molar-refractivity contribution in [3.05, 3.63) is 35.4 Å². The molecule has 1 aromatic rings. The molecule has 1 amide bonds. The summed E-state index contributed by atoms with van der Waals surface area (Å²) in [6.45, 7) is 3.75. The number of nitrogens with two attached hydrogens (primary N) is 1. The molecule has 1 saturated heterocycles. The van der Waals surface area contributed by atoms with Crippen LogP contribution >= 0.6 is 0 Å². The van der Waals surface area contributed by atoms with Gasteiger partial charge in [-0.1, -0.05) is 31.2 Å². The van der Waals surface area contributed by atoms with Crippen LogP contribution in [0, 0.1) is 0 Å². The second-order valence-electron chi connectivity index (χ2n) is 4.72. The number of hydrogen-bond acceptors (Lipinski definition) is 3. The third kappa shape index (κ3) is 3.23. The van der Waals surface area contributed by atoms with Crippen LogP contribution in [0.4, 0.5) is 4.79 Å². The monoisotopic (exact) mass is 248 g/mol. The van der Waals surface area contributed by atoms with E-state index in [-0.39, 0.29) is 12.1 Å². The Bertz CT molecular complexity index is 403. The quantitative estimate of drug-likeness (QED) is 0.889. The SMILES string of the molecule is CCc1ccc(COC(=O)N2CCC(N)C2)cc1. The topological polar surface area (TPSA) is 55.6 Å². The van der Waals surface area contributed by atoms with Gasteiger partial charge in [-0.25, -0.2) is 4.79 Å². The molecular weight excluding hydrogens is 228 g/mol. The van der Waals surface area contributed by atoms with Gasteiger partial charge in [-0.3, -0.25) is 0 Å². The second kappa shape index (κ2) is 5.87. The van der Waals surface area contributed by atoms with Gasteiger partial charge in [0.05, 0.1) is 0 Å². The molecule has 0 saturated carbocycles. The van der Waals surface area contributed by atoms with Crippen LogP contribution < -0.4 is 5.73 Å². The molecule has 0 radical (unpaired) electrons. The van der Waals surface area contributed by atoms with Crippen LogP contribution in [0.5, 0.6) is 0 Å². The average Bonchev–Trinajstić information content (AvgIpc) is 2.83. The lowest BCUT2D eigenvalue weighted by atomic mass is 10.1. The smallest absolute Gasteiger partial charge is 0.410 e. The Balaban J connectivity index is 1.81. The molecule has 18 heavy (non-hydrogen) atoms. The number of ether oxygens (including phenoxy) is 1. The van der Waals surface area contributed by atoms with E-state index in [0.29, 0.717) is 19.7 Å². The summed E-state index contributed by atoms with van der Waals surface area (Å²) in [4.78, 5) is 13.4. The highest BCUT2D eigenvalue weighted by atomic mass is 16.6. The van der Waals surface area contributed by atoms with Gasteiger partial charge in [0.25, 0.3) is 0 Å². The van der Waals surface area contributed by atoms with E-state index >= 15 is 0 Å². The summed E-state index contributed by atoms with van der Waals surface area (Å²) in [6, 6.07) is 8.23. The zero-order valence-corrected chi connectivity index (χ0v) is 10.8. The summed E-state index contributed by atoms with van der Waals surface area (Å²) in [6.07, 6.45) is 1.62. The molecule has 1 atom stereocenters. The van der Waals surface area contributed by atoms with Gasteiger partial charge in [-0.15, -0.1) is 0 Å². The first-order chi connectivity index (χ1) is 8.69. The maximum atomic E-state index is 11.7. The minimum absolute atomic E-state index is 0.0985. The van der Waals surface area contributed by atoms with Crippen molar-refractivity contribution in [1.82, 2.24) is 4.90 Å². The lowest BCUT2D eigenvalue weighted by Gasteiger charge is -2.15. The van der Waals surface area contributed by atoms with Crippen LogP contribution in [0.1, 0.15) is 24.5 Å². The standard InChI is InChI=1S/C14H20N2O2/c1-2-11-3-5-12(6-4-11)10-18-14(17)16-8-7-13(15)9-16/h3-6,13H,2,7-10,15H2,1H3. The highest BCUT2D eigenvalue weighted by Crippen LogP contribution is 2.11. The molecule has 1 unspecified atom stereocenters. The summed E-state index contributed by atoms with van der Waals surface area (Å²) in [7, 11) is 0. The predicted molar refractivity (Wildman–Crippen MR) is 70.2 cm³/mol. The Morgan fingerprint density at radius 2 is 2.06 bits per heavy atom. The van der Waals surface area contributed by atoms with Crippen LogP contribution in [0.2, 0.25) is 0 Å². The van der Waals surface area contributed by atoms with E-state index in [0.717, 1.165) is 18.4 Å². The number of amides is 1. The Hall–Kier alpha value is -1.55. The molecule has 1 aliphatic heterocycles. The normalized spacial score (nSPS) is 19.0. The number of nitrogens with zero attached hydrogens (tertiary/aromatic N) is 1. The Morgan fingerprint density at radius 3 is 2.61 bits per heavy atom. The molecule has 4 heteroatoms. The summed E-state index contributed by atoms with van der Waals surface area (Å²) >= 11 is 0. The number of carbonyl (C=O) groups is 1. The van der Waals surface area contributed by atoms with E-state index in [9.17, 15) is 4.79 Å². The van der Waals surface area contributed by atoms with Gasteiger partial charge in [0.15, 0.2) is 0 Å². The number of carbonyl (C=O) groups excluding carboxylic acids is 1. The largest absolute Gasteiger partial charge is 0.445 e. The zero-order chi connectivity index (χ0) is 13.0. The van der Waals surface area contributed by atoms with E-state index in [2.05, 4.69) is 19.1 Å². The maximum absolute atomic E-state index is 11.7. The van der Waals surface area contributed by atoms with E-state index in [1.807, 2.05) is 12.1 Å². The molecule has 0 spiro atoms. The first-order valence-corrected chi connectivity index (χ1v) is 6.44. The number of aryl methyl sites for hydroxylation is 1. The van der Waals surface area contributed by atoms with Crippen molar-refractivity contribution in [3.8, 4) is 0 Å². The zero-order valence-electron chi connectivity index (χ0n) is 10.8. The maximum Gasteiger partial charge on any atom is 0.410 e. The molecule has 1 fully saturated rings. The first kappa shape index (κ1) is 12.9. The molecular formula is C14H20N2O2. The molecule has 4 nitrogen and oxygen atoms in total. The van der Waals surface area contributed by atoms with E-state index in [1.54, 1.807) is 4.90 Å². The van der Waals surface area contributed by atoms with Gasteiger partial charge in [-0.05, 0) is 24.0 Å². The highest BCUT2D eigenvalue weighted by molar-refractivity contribution is 5.68. The molecule has 1 aromatic carbocycles. The summed E-state index contributed by atoms with van der Waals surface area (Å²) in [5.74, 6) is 0. The fraction of sp³-hybridized carbons (Fsp3) is 0.500. The van der Waals surface area contributed by atoms with Gasteiger partial charge in [0, 0.05) is 19.1 Å². The Labute approximate surface area is 108 Å². The van der Waals surface area contributed by atoms with Crippen molar-refractivity contribution in [2.24, 2.45) is 5.73 Å². The van der Waals surface area contributed by atoms with Crippen molar-refractivity contribution in [2.75, 3.05) is 13.1 Å². The van der Waals surface area contributed by atoms with Gasteiger partial charge in [0.2, 0.25) is 0 Å². The van der Waals surface area contributed by atoms with Crippen LogP contribution in [0.3, 0.4) is 0 Å². The number of likely N-dealkylation sites (tertiary alicyclic amines) is 1. The summed E-state index contributed by atoms with van der Waals surface area (Å²) in [5, 5.41) is 0. The van der Waals surface area contributed by atoms with Crippen molar-refractivity contribution in [1.29, 1.82) is 0 Å². The lowest BCUT2D eigenvalue weighted by Crippen LogP contribution is -2.32. The first-order valence-electron chi connectivity index (χ1n) is 6.44. The third-order valence-electron chi connectivity index (χ3n) is 3.28. The number of benzene rings is 1. The minimum Gasteiger partial charge on any atom is -0.445 e. The van der Waals surface area contributed by atoms with Crippen molar-refractivity contribution in [2.45, 2.75) is 32.4 Å². The highest BCUT2D eigenvalue weighted by Gasteiger charge is 2.24. The number of rotatable bonds is 3. The fourth-order valence-corrected chi connectivity index (χ4v) is 2.06. The van der Waals surface area contributed by atoms with Gasteiger partial charge in [0.1, 0.15) is 6.61 Å². The number of hydrogen-bond donors (Lipinski definition) is 1. The molecule has 0 bridgehead atoms. The molecule has 0 aliphatic carbocycles. The predicted octanol–water partition coefficient (Wildman–Crippen LogP) is 1.92. The van der Waals surface area contributed by atoms with Crippen molar-refractivity contribution in [3.63, 3.8) is 0 Å². The minimum atomic E-state index is -0.262. The van der Waals surface area contributed by atoms with Crippen LogP contribution in [-0.2, 0) is 17.8 Å². The van der Waals surface area contributed by atoms with Gasteiger partial charge >= 0.3 is 6.09 Å². The molecule has 0 aromatic heterocycles. The molecule has 98 valence electrons. The lowest BCUT2D eigenvalue weighted by molar-refractivity contribution is 0.104. The third-order valence-corrected chi connectivity index (χ3v) is 3.28. The summed E-state index contributed by atoms with van der Waals surface area (Å²) < 4.78 is 5.27. The molecule has 1 aliphatic rings. The van der Waals surface area contributed by atoms with E-state index < -0.39 is 0 Å². The average molecular weight is 248 g/mol. The van der Waals surface area contributed by atoms with Crippen LogP contribution in [0.15, 0.2) is 24.3 Å². The Morgan fingerprint density at radius 1 is 1.39 bits per heavy atom. The second-order valence-corrected chi connectivity index (χ2v) is 4.72. The van der Waals surface area contributed by atoms with E-state index in [4.69, 9.17) is 10.5 Å². The fourth-order valence-electron chi connectivity index (χ4n) is 2.06. The van der Waals surface area contributed by atoms with E-state index in [1.165, 1.54) is 5.56 Å². The Kier molecular flexibility index (Phi) is 4.20. The molecule has 2 N–H and O–H groups in total. The van der Waals surface area contributed by atoms with Gasteiger partial charge < -0.3 is 15.4 Å². The van der Waals surface area contributed by atoms with Crippen molar-refractivity contribution >= 4 is 6.09 Å². The van der Waals surface area contributed by atoms with Crippen molar-refractivity contribution < 1.29 is 9.53 Å². The molecule has 1 heterocycles.